The van der Waals surface area contributed by atoms with Gasteiger partial charge in [0.1, 0.15) is 11.3 Å². The Morgan fingerprint density at radius 2 is 1.82 bits per heavy atom. The van der Waals surface area contributed by atoms with E-state index in [1.54, 1.807) is 14.0 Å². The third kappa shape index (κ3) is 5.35. The van der Waals surface area contributed by atoms with Gasteiger partial charge in [-0.25, -0.2) is 0 Å². The highest BCUT2D eigenvalue weighted by molar-refractivity contribution is 5.99. The molecule has 150 valence electrons. The molecule has 2 aromatic rings. The van der Waals surface area contributed by atoms with Crippen molar-refractivity contribution in [3.05, 3.63) is 57.6 Å². The highest BCUT2D eigenvalue weighted by Gasteiger charge is 2.24. The van der Waals surface area contributed by atoms with Crippen LogP contribution in [0.25, 0.3) is 0 Å². The summed E-state index contributed by atoms with van der Waals surface area (Å²) < 4.78 is 15.7. The number of hydrogen-bond acceptors (Lipinski definition) is 6. The normalized spacial score (nSPS) is 10.2. The van der Waals surface area contributed by atoms with Crippen molar-refractivity contribution in [2.45, 2.75) is 19.8 Å². The maximum Gasteiger partial charge on any atom is 0.286 e. The maximum absolute atomic E-state index is 12.5. The smallest absolute Gasteiger partial charge is 0.286 e. The van der Waals surface area contributed by atoms with Gasteiger partial charge in [-0.15, -0.1) is 0 Å². The maximum atomic E-state index is 12.5. The number of ether oxygens (including phenoxy) is 3. The molecule has 28 heavy (non-hydrogen) atoms. The zero-order valence-electron chi connectivity index (χ0n) is 16.2. The summed E-state index contributed by atoms with van der Waals surface area (Å²) in [7, 11) is 3.00. The number of carbonyl (C=O) groups excluding carboxylic acids is 1. The molecule has 0 aliphatic heterocycles. The van der Waals surface area contributed by atoms with Gasteiger partial charge in [-0.3, -0.25) is 14.9 Å². The minimum Gasteiger partial charge on any atom is -0.497 e. The second-order valence-corrected chi connectivity index (χ2v) is 5.92. The fraction of sp³-hybridized carbons (Fsp3) is 0.350. The average Bonchev–Trinajstić information content (AvgIpc) is 2.71. The van der Waals surface area contributed by atoms with Gasteiger partial charge >= 0.3 is 0 Å². The first-order valence-electron chi connectivity index (χ1n) is 8.90. The lowest BCUT2D eigenvalue weighted by Crippen LogP contribution is -2.25. The molecule has 0 unspecified atom stereocenters. The number of aryl methyl sites for hydroxylation is 1. The summed E-state index contributed by atoms with van der Waals surface area (Å²) in [5.74, 6) is 0.766. The lowest BCUT2D eigenvalue weighted by molar-refractivity contribution is -0.385. The molecular weight excluding hydrogens is 364 g/mol. The third-order valence-electron chi connectivity index (χ3n) is 4.11. The zero-order chi connectivity index (χ0) is 20.5. The van der Waals surface area contributed by atoms with E-state index in [1.165, 1.54) is 19.2 Å². The standard InChI is InChI=1S/C20H24N2O6/c1-4-28-19-12-16(17(22(24)25)13-18(19)27-3)20(23)21-11-5-6-14-7-9-15(26-2)10-8-14/h7-10,12-13H,4-6,11H2,1-3H3,(H,21,23). The molecule has 0 aliphatic rings. The van der Waals surface area contributed by atoms with Crippen molar-refractivity contribution < 1.29 is 23.9 Å². The highest BCUT2D eigenvalue weighted by Crippen LogP contribution is 2.34. The SMILES string of the molecule is CCOc1cc(C(=O)NCCCc2ccc(OC)cc2)c([N+](=O)[O-])cc1OC. The van der Waals surface area contributed by atoms with Crippen molar-refractivity contribution in [1.82, 2.24) is 5.32 Å². The molecule has 2 aromatic carbocycles. The molecule has 0 bridgehead atoms. The molecule has 1 amide bonds. The van der Waals surface area contributed by atoms with Crippen molar-refractivity contribution in [1.29, 1.82) is 0 Å². The Labute approximate surface area is 163 Å². The summed E-state index contributed by atoms with van der Waals surface area (Å²) in [5.41, 5.74) is 0.732. The largest absolute Gasteiger partial charge is 0.497 e. The Kier molecular flexibility index (Phi) is 7.62. The number of carbonyl (C=O) groups is 1. The van der Waals surface area contributed by atoms with Crippen LogP contribution in [0.2, 0.25) is 0 Å². The van der Waals surface area contributed by atoms with E-state index < -0.39 is 10.8 Å². The van der Waals surface area contributed by atoms with Crippen molar-refractivity contribution in [3.8, 4) is 17.2 Å². The minimum absolute atomic E-state index is 0.0568. The number of hydrogen-bond donors (Lipinski definition) is 1. The number of benzene rings is 2. The monoisotopic (exact) mass is 388 g/mol. The minimum atomic E-state index is -0.607. The number of rotatable bonds is 10. The number of nitrogens with one attached hydrogen (secondary N) is 1. The van der Waals surface area contributed by atoms with Gasteiger partial charge in [0.2, 0.25) is 0 Å². The summed E-state index contributed by atoms with van der Waals surface area (Å²) in [6, 6.07) is 10.2. The number of nitro benzene ring substituents is 1. The first-order valence-corrected chi connectivity index (χ1v) is 8.90. The topological polar surface area (TPSA) is 99.9 Å². The van der Waals surface area contributed by atoms with Gasteiger partial charge in [0.25, 0.3) is 11.6 Å². The van der Waals surface area contributed by atoms with Crippen LogP contribution in [0.3, 0.4) is 0 Å². The molecule has 0 aliphatic carbocycles. The van der Waals surface area contributed by atoms with E-state index in [2.05, 4.69) is 5.32 Å². The van der Waals surface area contributed by atoms with Crippen molar-refractivity contribution in [2.75, 3.05) is 27.4 Å². The van der Waals surface area contributed by atoms with Crippen LogP contribution >= 0.6 is 0 Å². The van der Waals surface area contributed by atoms with Gasteiger partial charge in [-0.05, 0) is 37.5 Å². The summed E-state index contributed by atoms with van der Waals surface area (Å²) in [4.78, 5) is 23.2. The van der Waals surface area contributed by atoms with Crippen LogP contribution in [-0.2, 0) is 6.42 Å². The molecular formula is C20H24N2O6. The third-order valence-corrected chi connectivity index (χ3v) is 4.11. The molecule has 2 rings (SSSR count). The van der Waals surface area contributed by atoms with E-state index in [0.717, 1.165) is 17.7 Å². The van der Waals surface area contributed by atoms with Gasteiger partial charge in [-0.1, -0.05) is 12.1 Å². The summed E-state index contributed by atoms with van der Waals surface area (Å²) in [6.45, 7) is 2.51. The van der Waals surface area contributed by atoms with Crippen LogP contribution in [0.1, 0.15) is 29.3 Å². The number of nitro groups is 1. The van der Waals surface area contributed by atoms with Crippen LogP contribution < -0.4 is 19.5 Å². The Hall–Kier alpha value is -3.29. The van der Waals surface area contributed by atoms with Crippen LogP contribution in [0, 0.1) is 10.1 Å². The van der Waals surface area contributed by atoms with Crippen LogP contribution in [0.5, 0.6) is 17.2 Å². The summed E-state index contributed by atoms with van der Waals surface area (Å²) >= 11 is 0. The first kappa shape index (κ1) is 21.0. The Bertz CT molecular complexity index is 820. The quantitative estimate of drug-likeness (QED) is 0.380. The molecule has 0 spiro atoms. The molecule has 0 atom stereocenters. The lowest BCUT2D eigenvalue weighted by atomic mass is 10.1. The molecule has 0 aromatic heterocycles. The van der Waals surface area contributed by atoms with Gasteiger partial charge in [0.05, 0.1) is 31.8 Å². The predicted molar refractivity (Wildman–Crippen MR) is 104 cm³/mol. The van der Waals surface area contributed by atoms with E-state index in [4.69, 9.17) is 14.2 Å². The van der Waals surface area contributed by atoms with Crippen LogP contribution in [-0.4, -0.2) is 38.2 Å². The molecule has 0 radical (unpaired) electrons. The van der Waals surface area contributed by atoms with Crippen molar-refractivity contribution in [2.24, 2.45) is 0 Å². The molecule has 0 saturated carbocycles. The fourth-order valence-corrected chi connectivity index (χ4v) is 2.69. The Balaban J connectivity index is 2.03. The van der Waals surface area contributed by atoms with Gasteiger partial charge in [-0.2, -0.15) is 0 Å². The van der Waals surface area contributed by atoms with E-state index >= 15 is 0 Å². The van der Waals surface area contributed by atoms with Gasteiger partial charge in [0, 0.05) is 12.6 Å². The second kappa shape index (κ2) is 10.1. The number of nitrogens with zero attached hydrogens (tertiary/aromatic N) is 1. The summed E-state index contributed by atoms with van der Waals surface area (Å²) in [5, 5.41) is 14.1. The van der Waals surface area contributed by atoms with E-state index in [0.29, 0.717) is 25.3 Å². The summed E-state index contributed by atoms with van der Waals surface area (Å²) in [6.07, 6.45) is 1.46. The van der Waals surface area contributed by atoms with E-state index in [-0.39, 0.29) is 17.0 Å². The van der Waals surface area contributed by atoms with Crippen LogP contribution in [0.4, 0.5) is 5.69 Å². The van der Waals surface area contributed by atoms with Gasteiger partial charge in [0.15, 0.2) is 11.5 Å². The average molecular weight is 388 g/mol. The van der Waals surface area contributed by atoms with Crippen LogP contribution in [0.15, 0.2) is 36.4 Å². The van der Waals surface area contributed by atoms with Crippen molar-refractivity contribution in [3.63, 3.8) is 0 Å². The first-order chi connectivity index (χ1) is 13.5. The molecule has 1 N–H and O–H groups in total. The second-order valence-electron chi connectivity index (χ2n) is 5.92. The van der Waals surface area contributed by atoms with Crippen molar-refractivity contribution >= 4 is 11.6 Å². The highest BCUT2D eigenvalue weighted by atomic mass is 16.6. The van der Waals surface area contributed by atoms with E-state index in [9.17, 15) is 14.9 Å². The molecule has 0 heterocycles. The molecule has 8 heteroatoms. The number of methoxy groups -OCH3 is 2. The predicted octanol–water partition coefficient (Wildman–Crippen LogP) is 3.37. The fourth-order valence-electron chi connectivity index (χ4n) is 2.69. The molecule has 8 nitrogen and oxygen atoms in total. The Morgan fingerprint density at radius 1 is 1.11 bits per heavy atom. The molecule has 0 saturated heterocycles. The zero-order valence-corrected chi connectivity index (χ0v) is 16.2. The van der Waals surface area contributed by atoms with Gasteiger partial charge < -0.3 is 19.5 Å². The van der Waals surface area contributed by atoms with E-state index in [1.807, 2.05) is 24.3 Å². The lowest BCUT2D eigenvalue weighted by Gasteiger charge is -2.12. The molecule has 0 fully saturated rings. The number of amides is 1. The Morgan fingerprint density at radius 3 is 2.39 bits per heavy atom.